The molecule has 0 fully saturated rings. The maximum absolute atomic E-state index is 5.32. The number of rotatable bonds is 4. The summed E-state index contributed by atoms with van der Waals surface area (Å²) in [7, 11) is 1.67. The zero-order valence-corrected chi connectivity index (χ0v) is 13.3. The van der Waals surface area contributed by atoms with Crippen molar-refractivity contribution in [3.05, 3.63) is 72.6 Å². The third kappa shape index (κ3) is 2.60. The summed E-state index contributed by atoms with van der Waals surface area (Å²) >= 11 is 0. The molecule has 3 heterocycles. The lowest BCUT2D eigenvalue weighted by atomic mass is 10.2. The molecule has 5 nitrogen and oxygen atoms in total. The molecule has 0 atom stereocenters. The molecular formula is C19H16N4O. The van der Waals surface area contributed by atoms with Crippen molar-refractivity contribution in [2.75, 3.05) is 7.11 Å². The maximum Gasteiger partial charge on any atom is 0.161 e. The molecule has 24 heavy (non-hydrogen) atoms. The van der Waals surface area contributed by atoms with E-state index in [0.29, 0.717) is 6.54 Å². The second kappa shape index (κ2) is 6.12. The van der Waals surface area contributed by atoms with Crippen molar-refractivity contribution in [1.82, 2.24) is 19.5 Å². The standard InChI is InChI=1S/C19H16N4O/c1-24-15-7-4-6-14(12-15)13-23-18-17(9-5-11-21-18)22-19(23)16-8-2-3-10-20-16/h2-12H,13H2,1H3. The minimum absolute atomic E-state index is 0.649. The van der Waals surface area contributed by atoms with Crippen LogP contribution in [0.3, 0.4) is 0 Å². The summed E-state index contributed by atoms with van der Waals surface area (Å²) in [6.45, 7) is 0.649. The molecule has 0 aliphatic heterocycles. The van der Waals surface area contributed by atoms with Crippen LogP contribution in [0.25, 0.3) is 22.7 Å². The van der Waals surface area contributed by atoms with Gasteiger partial charge < -0.3 is 9.30 Å². The van der Waals surface area contributed by atoms with Crippen LogP contribution in [-0.2, 0) is 6.54 Å². The maximum atomic E-state index is 5.32. The van der Waals surface area contributed by atoms with Crippen LogP contribution in [-0.4, -0.2) is 26.6 Å². The van der Waals surface area contributed by atoms with E-state index in [0.717, 1.165) is 34.0 Å². The van der Waals surface area contributed by atoms with E-state index in [-0.39, 0.29) is 0 Å². The topological polar surface area (TPSA) is 52.8 Å². The number of hydrogen-bond acceptors (Lipinski definition) is 4. The van der Waals surface area contributed by atoms with Crippen LogP contribution < -0.4 is 4.74 Å². The zero-order chi connectivity index (χ0) is 16.4. The first-order chi connectivity index (χ1) is 11.8. The number of methoxy groups -OCH3 is 1. The van der Waals surface area contributed by atoms with Gasteiger partial charge in [-0.3, -0.25) is 4.98 Å². The highest BCUT2D eigenvalue weighted by Crippen LogP contribution is 2.24. The van der Waals surface area contributed by atoms with Crippen molar-refractivity contribution in [3.8, 4) is 17.3 Å². The Balaban J connectivity index is 1.86. The lowest BCUT2D eigenvalue weighted by Crippen LogP contribution is -2.04. The molecule has 0 bridgehead atoms. The predicted octanol–water partition coefficient (Wildman–Crippen LogP) is 3.55. The minimum Gasteiger partial charge on any atom is -0.497 e. The van der Waals surface area contributed by atoms with Gasteiger partial charge in [-0.05, 0) is 42.0 Å². The molecule has 0 radical (unpaired) electrons. The SMILES string of the molecule is COc1cccc(Cn2c(-c3ccccn3)nc3cccnc32)c1. The van der Waals surface area contributed by atoms with Crippen LogP contribution in [0, 0.1) is 0 Å². The Kier molecular flexibility index (Phi) is 3.67. The van der Waals surface area contributed by atoms with Crippen LogP contribution in [0.15, 0.2) is 67.0 Å². The number of nitrogens with zero attached hydrogens (tertiary/aromatic N) is 4. The summed E-state index contributed by atoms with van der Waals surface area (Å²) in [5.74, 6) is 1.65. The highest BCUT2D eigenvalue weighted by molar-refractivity contribution is 5.76. The normalized spacial score (nSPS) is 10.9. The van der Waals surface area contributed by atoms with Crippen LogP contribution in [0.2, 0.25) is 0 Å². The molecule has 0 unspecified atom stereocenters. The Morgan fingerprint density at radius 1 is 0.958 bits per heavy atom. The summed E-state index contributed by atoms with van der Waals surface area (Å²) < 4.78 is 7.41. The highest BCUT2D eigenvalue weighted by atomic mass is 16.5. The molecule has 118 valence electrons. The summed E-state index contributed by atoms with van der Waals surface area (Å²) in [5, 5.41) is 0. The molecule has 0 spiro atoms. The number of hydrogen-bond donors (Lipinski definition) is 0. The fourth-order valence-electron chi connectivity index (χ4n) is 2.75. The number of benzene rings is 1. The molecule has 0 aliphatic carbocycles. The number of pyridine rings is 2. The predicted molar refractivity (Wildman–Crippen MR) is 92.9 cm³/mol. The van der Waals surface area contributed by atoms with Crippen molar-refractivity contribution >= 4 is 11.2 Å². The van der Waals surface area contributed by atoms with Crippen molar-refractivity contribution < 1.29 is 4.74 Å². The molecule has 4 rings (SSSR count). The Morgan fingerprint density at radius 3 is 2.71 bits per heavy atom. The van der Waals surface area contributed by atoms with Gasteiger partial charge >= 0.3 is 0 Å². The van der Waals surface area contributed by atoms with E-state index >= 15 is 0 Å². The van der Waals surface area contributed by atoms with E-state index in [2.05, 4.69) is 20.6 Å². The lowest BCUT2D eigenvalue weighted by Gasteiger charge is -2.09. The monoisotopic (exact) mass is 316 g/mol. The minimum atomic E-state index is 0.649. The van der Waals surface area contributed by atoms with Crippen LogP contribution in [0.5, 0.6) is 5.75 Å². The van der Waals surface area contributed by atoms with E-state index in [1.165, 1.54) is 0 Å². The van der Waals surface area contributed by atoms with Gasteiger partial charge in [0.1, 0.15) is 17.0 Å². The van der Waals surface area contributed by atoms with Gasteiger partial charge in [-0.1, -0.05) is 18.2 Å². The lowest BCUT2D eigenvalue weighted by molar-refractivity contribution is 0.414. The van der Waals surface area contributed by atoms with Crippen molar-refractivity contribution in [3.63, 3.8) is 0 Å². The average molecular weight is 316 g/mol. The third-order valence-electron chi connectivity index (χ3n) is 3.87. The van der Waals surface area contributed by atoms with Crippen molar-refractivity contribution in [2.24, 2.45) is 0 Å². The van der Waals surface area contributed by atoms with Crippen LogP contribution in [0.4, 0.5) is 0 Å². The number of imidazole rings is 1. The third-order valence-corrected chi connectivity index (χ3v) is 3.87. The van der Waals surface area contributed by atoms with Crippen molar-refractivity contribution in [2.45, 2.75) is 6.54 Å². The molecule has 3 aromatic heterocycles. The zero-order valence-electron chi connectivity index (χ0n) is 13.3. The van der Waals surface area contributed by atoms with Gasteiger partial charge in [0.2, 0.25) is 0 Å². The summed E-state index contributed by atoms with van der Waals surface area (Å²) in [6, 6.07) is 17.7. The smallest absolute Gasteiger partial charge is 0.161 e. The first kappa shape index (κ1) is 14.4. The highest BCUT2D eigenvalue weighted by Gasteiger charge is 2.14. The largest absolute Gasteiger partial charge is 0.497 e. The fraction of sp³-hybridized carbons (Fsp3) is 0.105. The van der Waals surface area contributed by atoms with E-state index in [1.807, 2.05) is 48.5 Å². The van der Waals surface area contributed by atoms with Crippen molar-refractivity contribution in [1.29, 1.82) is 0 Å². The second-order valence-corrected chi connectivity index (χ2v) is 5.43. The molecular weight excluding hydrogens is 300 g/mol. The second-order valence-electron chi connectivity index (χ2n) is 5.43. The molecule has 5 heteroatoms. The average Bonchev–Trinajstić information content (AvgIpc) is 3.01. The molecule has 0 saturated carbocycles. The van der Waals surface area contributed by atoms with Gasteiger partial charge in [0, 0.05) is 12.4 Å². The van der Waals surface area contributed by atoms with Gasteiger partial charge in [-0.2, -0.15) is 0 Å². The molecule has 0 aliphatic rings. The van der Waals surface area contributed by atoms with E-state index < -0.39 is 0 Å². The molecule has 4 aromatic rings. The number of fused-ring (bicyclic) bond motifs is 1. The molecule has 0 saturated heterocycles. The first-order valence-electron chi connectivity index (χ1n) is 7.71. The van der Waals surface area contributed by atoms with E-state index in [4.69, 9.17) is 9.72 Å². The van der Waals surface area contributed by atoms with E-state index in [9.17, 15) is 0 Å². The summed E-state index contributed by atoms with van der Waals surface area (Å²) in [6.07, 6.45) is 3.56. The first-order valence-corrected chi connectivity index (χ1v) is 7.71. The Morgan fingerprint density at radius 2 is 1.88 bits per heavy atom. The Bertz CT molecular complexity index is 979. The number of ether oxygens (including phenoxy) is 1. The number of aromatic nitrogens is 4. The summed E-state index contributed by atoms with van der Waals surface area (Å²) in [4.78, 5) is 13.7. The summed E-state index contributed by atoms with van der Waals surface area (Å²) in [5.41, 5.74) is 3.66. The molecule has 0 amide bonds. The van der Waals surface area contributed by atoms with E-state index in [1.54, 1.807) is 19.5 Å². The van der Waals surface area contributed by atoms with Gasteiger partial charge in [-0.15, -0.1) is 0 Å². The van der Waals surface area contributed by atoms with Crippen LogP contribution >= 0.6 is 0 Å². The van der Waals surface area contributed by atoms with Gasteiger partial charge in [0.05, 0.1) is 13.7 Å². The molecule has 0 N–H and O–H groups in total. The quantitative estimate of drug-likeness (QED) is 0.578. The van der Waals surface area contributed by atoms with Gasteiger partial charge in [-0.25, -0.2) is 9.97 Å². The Labute approximate surface area is 139 Å². The van der Waals surface area contributed by atoms with Crippen LogP contribution in [0.1, 0.15) is 5.56 Å². The fourth-order valence-corrected chi connectivity index (χ4v) is 2.75. The van der Waals surface area contributed by atoms with Gasteiger partial charge in [0.25, 0.3) is 0 Å². The Hall–Kier alpha value is -3.21. The molecule has 1 aromatic carbocycles. The van der Waals surface area contributed by atoms with Gasteiger partial charge in [0.15, 0.2) is 11.5 Å².